The molecule has 2 aromatic carbocycles. The van der Waals surface area contributed by atoms with E-state index in [0.717, 1.165) is 12.1 Å². The summed E-state index contributed by atoms with van der Waals surface area (Å²) in [5.74, 6) is -4.43. The molecule has 110 valence electrons. The Morgan fingerprint density at radius 1 is 1.05 bits per heavy atom. The van der Waals surface area contributed by atoms with E-state index in [1.54, 1.807) is 18.2 Å². The van der Waals surface area contributed by atoms with Crippen LogP contribution in [0.5, 0.6) is 0 Å². The number of fused-ring (bicyclic) bond motifs is 1. The molecule has 1 aliphatic rings. The van der Waals surface area contributed by atoms with Gasteiger partial charge < -0.3 is 5.32 Å². The van der Waals surface area contributed by atoms with E-state index in [1.807, 2.05) is 0 Å². The molecular weight excluding hydrogens is 303 g/mol. The Bertz CT molecular complexity index is 798. The Morgan fingerprint density at radius 2 is 1.67 bits per heavy atom. The van der Waals surface area contributed by atoms with E-state index in [0.29, 0.717) is 5.56 Å². The first-order valence-electron chi connectivity index (χ1n) is 6.11. The number of halogens is 3. The second-order valence-electron chi connectivity index (χ2n) is 4.77. The van der Waals surface area contributed by atoms with Crippen molar-refractivity contribution < 1.29 is 21.6 Å². The van der Waals surface area contributed by atoms with Gasteiger partial charge in [0.1, 0.15) is 0 Å². The highest BCUT2D eigenvalue weighted by molar-refractivity contribution is 7.91. The second-order valence-corrected chi connectivity index (χ2v) is 6.77. The normalized spacial score (nSPS) is 19.3. The molecule has 3 rings (SSSR count). The van der Waals surface area contributed by atoms with Crippen LogP contribution in [-0.2, 0) is 9.84 Å². The topological polar surface area (TPSA) is 46.2 Å². The molecule has 1 N–H and O–H groups in total. The highest BCUT2D eigenvalue weighted by Crippen LogP contribution is 2.35. The van der Waals surface area contributed by atoms with E-state index >= 15 is 0 Å². The predicted molar refractivity (Wildman–Crippen MR) is 71.2 cm³/mol. The lowest BCUT2D eigenvalue weighted by Crippen LogP contribution is -2.13. The highest BCUT2D eigenvalue weighted by atomic mass is 32.2. The minimum absolute atomic E-state index is 0.0108. The van der Waals surface area contributed by atoms with Crippen LogP contribution in [0.15, 0.2) is 41.3 Å². The van der Waals surface area contributed by atoms with Gasteiger partial charge >= 0.3 is 0 Å². The number of rotatable bonds is 2. The maximum Gasteiger partial charge on any atom is 0.194 e. The molecule has 0 aliphatic carbocycles. The van der Waals surface area contributed by atoms with Crippen molar-refractivity contribution in [3.05, 3.63) is 59.4 Å². The van der Waals surface area contributed by atoms with Crippen molar-refractivity contribution in [3.63, 3.8) is 0 Å². The van der Waals surface area contributed by atoms with Gasteiger partial charge in [0.05, 0.1) is 16.7 Å². The Hall–Kier alpha value is -2.02. The Morgan fingerprint density at radius 3 is 2.33 bits per heavy atom. The van der Waals surface area contributed by atoms with Crippen molar-refractivity contribution in [2.75, 3.05) is 11.1 Å². The molecule has 1 unspecified atom stereocenters. The third-order valence-corrected chi connectivity index (χ3v) is 5.15. The van der Waals surface area contributed by atoms with E-state index < -0.39 is 33.3 Å². The number of hydrogen-bond donors (Lipinski definition) is 1. The molecule has 0 radical (unpaired) electrons. The van der Waals surface area contributed by atoms with E-state index in [2.05, 4.69) is 5.32 Å². The van der Waals surface area contributed by atoms with Gasteiger partial charge in [-0.15, -0.1) is 0 Å². The lowest BCUT2D eigenvalue weighted by Gasteiger charge is -2.14. The second kappa shape index (κ2) is 4.77. The van der Waals surface area contributed by atoms with Gasteiger partial charge in [0.15, 0.2) is 27.3 Å². The van der Waals surface area contributed by atoms with Gasteiger partial charge in [-0.05, 0) is 11.6 Å². The van der Waals surface area contributed by atoms with Crippen LogP contribution >= 0.6 is 0 Å². The number of anilines is 1. The molecule has 3 nitrogen and oxygen atoms in total. The van der Waals surface area contributed by atoms with Crippen LogP contribution in [0.25, 0.3) is 0 Å². The lowest BCUT2D eigenvalue weighted by molar-refractivity contribution is 0.447. The van der Waals surface area contributed by atoms with Gasteiger partial charge in [0.2, 0.25) is 0 Å². The third-order valence-electron chi connectivity index (χ3n) is 3.34. The molecule has 0 saturated heterocycles. The molecule has 0 bridgehead atoms. The summed E-state index contributed by atoms with van der Waals surface area (Å²) >= 11 is 0. The largest absolute Gasteiger partial charge is 0.377 e. The molecule has 0 fully saturated rings. The van der Waals surface area contributed by atoms with E-state index in [-0.39, 0.29) is 16.3 Å². The van der Waals surface area contributed by atoms with Crippen molar-refractivity contribution in [1.82, 2.24) is 0 Å². The van der Waals surface area contributed by atoms with Crippen molar-refractivity contribution in [1.29, 1.82) is 0 Å². The maximum atomic E-state index is 13.2. The zero-order chi connectivity index (χ0) is 15.2. The first kappa shape index (κ1) is 13.9. The molecule has 0 spiro atoms. The number of hydrogen-bond acceptors (Lipinski definition) is 3. The smallest absolute Gasteiger partial charge is 0.194 e. The summed E-state index contributed by atoms with van der Waals surface area (Å²) in [7, 11) is -3.43. The molecular formula is C14H10F3NO2S. The Balaban J connectivity index is 1.98. The van der Waals surface area contributed by atoms with Crippen molar-refractivity contribution in [2.24, 2.45) is 0 Å². The summed E-state index contributed by atoms with van der Waals surface area (Å²) in [4.78, 5) is 0.200. The summed E-state index contributed by atoms with van der Waals surface area (Å²) in [5.41, 5.74) is 0.519. The molecule has 0 amide bonds. The number of benzene rings is 2. The predicted octanol–water partition coefficient (Wildman–Crippen LogP) is 3.04. The molecule has 7 heteroatoms. The van der Waals surface area contributed by atoms with Gasteiger partial charge in [-0.3, -0.25) is 0 Å². The van der Waals surface area contributed by atoms with Crippen molar-refractivity contribution in [3.8, 4) is 0 Å². The molecule has 0 saturated carbocycles. The van der Waals surface area contributed by atoms with Crippen LogP contribution in [0.3, 0.4) is 0 Å². The molecule has 1 heterocycles. The van der Waals surface area contributed by atoms with Gasteiger partial charge in [-0.25, -0.2) is 21.6 Å². The minimum Gasteiger partial charge on any atom is -0.377 e. The summed E-state index contributed by atoms with van der Waals surface area (Å²) in [6.45, 7) is 0. The minimum atomic E-state index is -3.43. The summed E-state index contributed by atoms with van der Waals surface area (Å²) in [5, 5.41) is 2.74. The SMILES string of the molecule is O=S1(=O)CC(Nc2cc(F)c(F)c(F)c2)c2ccccc21. The van der Waals surface area contributed by atoms with Crippen LogP contribution < -0.4 is 5.32 Å². The number of nitrogens with one attached hydrogen (secondary N) is 1. The van der Waals surface area contributed by atoms with Gasteiger partial charge in [0.25, 0.3) is 0 Å². The molecule has 0 aromatic heterocycles. The quantitative estimate of drug-likeness (QED) is 0.867. The molecule has 1 atom stereocenters. The Labute approximate surface area is 119 Å². The van der Waals surface area contributed by atoms with Crippen LogP contribution in [0, 0.1) is 17.5 Å². The van der Waals surface area contributed by atoms with Crippen molar-refractivity contribution in [2.45, 2.75) is 10.9 Å². The first-order valence-corrected chi connectivity index (χ1v) is 7.76. The van der Waals surface area contributed by atoms with Crippen LogP contribution in [0.1, 0.15) is 11.6 Å². The average Bonchev–Trinajstić information content (AvgIpc) is 2.68. The van der Waals surface area contributed by atoms with Crippen molar-refractivity contribution >= 4 is 15.5 Å². The zero-order valence-corrected chi connectivity index (χ0v) is 11.4. The fraction of sp³-hybridized carbons (Fsp3) is 0.143. The highest BCUT2D eigenvalue weighted by Gasteiger charge is 2.34. The summed E-state index contributed by atoms with van der Waals surface area (Å²) in [6, 6.07) is 7.37. The van der Waals surface area contributed by atoms with E-state index in [9.17, 15) is 21.6 Å². The first-order chi connectivity index (χ1) is 9.88. The number of sulfone groups is 1. The van der Waals surface area contributed by atoms with Crippen LogP contribution in [0.4, 0.5) is 18.9 Å². The summed E-state index contributed by atoms with van der Waals surface area (Å²) < 4.78 is 63.3. The molecule has 2 aromatic rings. The monoisotopic (exact) mass is 313 g/mol. The summed E-state index contributed by atoms with van der Waals surface area (Å²) in [6.07, 6.45) is 0. The van der Waals surface area contributed by atoms with E-state index in [4.69, 9.17) is 0 Å². The zero-order valence-electron chi connectivity index (χ0n) is 10.6. The fourth-order valence-electron chi connectivity index (χ4n) is 2.41. The van der Waals surface area contributed by atoms with Crippen LogP contribution in [0.2, 0.25) is 0 Å². The standard InChI is InChI=1S/C14H10F3NO2S/c15-10-5-8(6-11(16)14(10)17)18-12-7-21(19,20)13-4-2-1-3-9(12)13/h1-6,12,18H,7H2. The van der Waals surface area contributed by atoms with Gasteiger partial charge in [0, 0.05) is 17.8 Å². The van der Waals surface area contributed by atoms with Crippen LogP contribution in [-0.4, -0.2) is 14.2 Å². The molecule has 1 aliphatic heterocycles. The van der Waals surface area contributed by atoms with Gasteiger partial charge in [-0.1, -0.05) is 18.2 Å². The lowest BCUT2D eigenvalue weighted by atomic mass is 10.1. The van der Waals surface area contributed by atoms with Gasteiger partial charge in [-0.2, -0.15) is 0 Å². The Kier molecular flexibility index (Phi) is 3.16. The average molecular weight is 313 g/mol. The fourth-order valence-corrected chi connectivity index (χ4v) is 4.15. The molecule has 21 heavy (non-hydrogen) atoms. The van der Waals surface area contributed by atoms with E-state index in [1.165, 1.54) is 6.07 Å². The third kappa shape index (κ3) is 2.37. The maximum absolute atomic E-state index is 13.2.